The molecule has 0 aliphatic rings. The second-order valence-electron chi connectivity index (χ2n) is 8.11. The maximum Gasteiger partial charge on any atom is 0.221 e. The summed E-state index contributed by atoms with van der Waals surface area (Å²) in [4.78, 5) is 17.4. The number of amides is 1. The van der Waals surface area contributed by atoms with Crippen molar-refractivity contribution in [2.24, 2.45) is 0 Å². The van der Waals surface area contributed by atoms with Gasteiger partial charge in [0.25, 0.3) is 0 Å². The van der Waals surface area contributed by atoms with E-state index in [1.165, 1.54) is 0 Å². The van der Waals surface area contributed by atoms with Gasteiger partial charge in [0.2, 0.25) is 5.91 Å². The Balaban J connectivity index is 1.38. The van der Waals surface area contributed by atoms with Gasteiger partial charge in [-0.2, -0.15) is 0 Å². The number of phenols is 1. The van der Waals surface area contributed by atoms with E-state index in [2.05, 4.69) is 10.3 Å². The fourth-order valence-corrected chi connectivity index (χ4v) is 4.17. The van der Waals surface area contributed by atoms with Crippen molar-refractivity contribution in [3.8, 4) is 17.1 Å². The Morgan fingerprint density at radius 2 is 1.59 bits per heavy atom. The number of aromatic nitrogens is 1. The number of benzene rings is 4. The first kappa shape index (κ1) is 21.5. The summed E-state index contributed by atoms with van der Waals surface area (Å²) in [6, 6.07) is 30.3. The quantitative estimate of drug-likeness (QED) is 0.318. The summed E-state index contributed by atoms with van der Waals surface area (Å²) >= 11 is 0. The van der Waals surface area contributed by atoms with E-state index in [1.54, 1.807) is 12.3 Å². The van der Waals surface area contributed by atoms with E-state index in [4.69, 9.17) is 4.42 Å². The van der Waals surface area contributed by atoms with Crippen molar-refractivity contribution in [1.82, 2.24) is 10.3 Å². The SMILES string of the molecule is O=C(CCc1ncc(-c2ccccc2)o1)NC(c1ccccc1)c1c(O)ccc2ccccc12. The maximum absolute atomic E-state index is 13.0. The Morgan fingerprint density at radius 3 is 2.38 bits per heavy atom. The summed E-state index contributed by atoms with van der Waals surface area (Å²) in [6.07, 6.45) is 2.27. The van der Waals surface area contributed by atoms with Gasteiger partial charge in [0.1, 0.15) is 5.75 Å². The lowest BCUT2D eigenvalue weighted by Gasteiger charge is -2.22. The smallest absolute Gasteiger partial charge is 0.221 e. The molecule has 1 amide bonds. The first-order valence-corrected chi connectivity index (χ1v) is 11.2. The molecule has 0 saturated carbocycles. The number of oxazole rings is 1. The third-order valence-corrected chi connectivity index (χ3v) is 5.85. The zero-order valence-corrected chi connectivity index (χ0v) is 18.5. The van der Waals surface area contributed by atoms with Crippen LogP contribution in [0.1, 0.15) is 29.5 Å². The van der Waals surface area contributed by atoms with Crippen LogP contribution in [0.15, 0.2) is 108 Å². The van der Waals surface area contributed by atoms with Gasteiger partial charge in [-0.1, -0.05) is 91.0 Å². The van der Waals surface area contributed by atoms with Crippen LogP contribution >= 0.6 is 0 Å². The third kappa shape index (κ3) is 4.55. The molecule has 168 valence electrons. The molecule has 0 spiro atoms. The van der Waals surface area contributed by atoms with Crippen LogP contribution in [0.25, 0.3) is 22.1 Å². The molecule has 34 heavy (non-hydrogen) atoms. The number of nitrogens with zero attached hydrogens (tertiary/aromatic N) is 1. The highest BCUT2D eigenvalue weighted by Crippen LogP contribution is 2.36. The molecule has 5 rings (SSSR count). The van der Waals surface area contributed by atoms with Gasteiger partial charge in [-0.15, -0.1) is 0 Å². The molecule has 0 bridgehead atoms. The third-order valence-electron chi connectivity index (χ3n) is 5.85. The van der Waals surface area contributed by atoms with Gasteiger partial charge in [0.05, 0.1) is 12.2 Å². The van der Waals surface area contributed by atoms with Crippen molar-refractivity contribution in [1.29, 1.82) is 0 Å². The molecule has 1 unspecified atom stereocenters. The summed E-state index contributed by atoms with van der Waals surface area (Å²) in [7, 11) is 0. The molecule has 4 aromatic carbocycles. The van der Waals surface area contributed by atoms with Gasteiger partial charge >= 0.3 is 0 Å². The number of hydrogen-bond donors (Lipinski definition) is 2. The number of aromatic hydroxyl groups is 1. The number of phenolic OH excluding ortho intramolecular Hbond substituents is 1. The lowest BCUT2D eigenvalue weighted by atomic mass is 9.92. The number of fused-ring (bicyclic) bond motifs is 1. The van der Waals surface area contributed by atoms with E-state index >= 15 is 0 Å². The Bertz CT molecular complexity index is 1410. The van der Waals surface area contributed by atoms with E-state index in [0.717, 1.165) is 21.9 Å². The van der Waals surface area contributed by atoms with Gasteiger partial charge in [-0.25, -0.2) is 4.98 Å². The summed E-state index contributed by atoms with van der Waals surface area (Å²) in [5.41, 5.74) is 2.52. The van der Waals surface area contributed by atoms with Gasteiger partial charge in [-0.05, 0) is 22.4 Å². The van der Waals surface area contributed by atoms with Gasteiger partial charge in [-0.3, -0.25) is 4.79 Å². The molecule has 1 aromatic heterocycles. The van der Waals surface area contributed by atoms with Crippen LogP contribution in [-0.2, 0) is 11.2 Å². The van der Waals surface area contributed by atoms with E-state index in [1.807, 2.05) is 91.0 Å². The van der Waals surface area contributed by atoms with Gasteiger partial charge < -0.3 is 14.8 Å². The number of carbonyl (C=O) groups is 1. The van der Waals surface area contributed by atoms with Crippen LogP contribution in [0.4, 0.5) is 0 Å². The highest BCUT2D eigenvalue weighted by atomic mass is 16.4. The monoisotopic (exact) mass is 448 g/mol. The first-order chi connectivity index (χ1) is 16.7. The normalized spacial score (nSPS) is 11.9. The molecule has 0 aliphatic heterocycles. The lowest BCUT2D eigenvalue weighted by Crippen LogP contribution is -2.29. The van der Waals surface area contributed by atoms with Crippen LogP contribution < -0.4 is 5.32 Å². The van der Waals surface area contributed by atoms with Crippen molar-refractivity contribution >= 4 is 16.7 Å². The highest BCUT2D eigenvalue weighted by Gasteiger charge is 2.22. The molecule has 1 heterocycles. The first-order valence-electron chi connectivity index (χ1n) is 11.2. The molecule has 0 fully saturated rings. The molecule has 2 N–H and O–H groups in total. The number of rotatable bonds is 7. The summed E-state index contributed by atoms with van der Waals surface area (Å²) < 4.78 is 5.84. The van der Waals surface area contributed by atoms with Crippen molar-refractivity contribution in [2.75, 3.05) is 0 Å². The van der Waals surface area contributed by atoms with Crippen LogP contribution in [0.2, 0.25) is 0 Å². The molecular formula is C29H24N2O3. The van der Waals surface area contributed by atoms with Crippen LogP contribution in [-0.4, -0.2) is 16.0 Å². The highest BCUT2D eigenvalue weighted by molar-refractivity contribution is 5.89. The van der Waals surface area contributed by atoms with Crippen molar-refractivity contribution in [3.63, 3.8) is 0 Å². The van der Waals surface area contributed by atoms with Crippen LogP contribution in [0, 0.1) is 0 Å². The minimum atomic E-state index is -0.496. The molecule has 5 nitrogen and oxygen atoms in total. The number of hydrogen-bond acceptors (Lipinski definition) is 4. The molecule has 0 radical (unpaired) electrons. The van der Waals surface area contributed by atoms with E-state index in [-0.39, 0.29) is 18.1 Å². The average molecular weight is 449 g/mol. The Morgan fingerprint density at radius 1 is 0.882 bits per heavy atom. The van der Waals surface area contributed by atoms with Crippen molar-refractivity contribution in [2.45, 2.75) is 18.9 Å². The van der Waals surface area contributed by atoms with E-state index in [0.29, 0.717) is 23.6 Å². The zero-order chi connectivity index (χ0) is 23.3. The molecule has 5 aromatic rings. The second kappa shape index (κ2) is 9.63. The number of aryl methyl sites for hydroxylation is 1. The summed E-state index contributed by atoms with van der Waals surface area (Å²) in [6.45, 7) is 0. The fourth-order valence-electron chi connectivity index (χ4n) is 4.17. The van der Waals surface area contributed by atoms with Gasteiger partial charge in [0.15, 0.2) is 11.7 Å². The number of nitrogens with one attached hydrogen (secondary N) is 1. The van der Waals surface area contributed by atoms with Crippen molar-refractivity contribution < 1.29 is 14.3 Å². The van der Waals surface area contributed by atoms with Gasteiger partial charge in [0, 0.05) is 24.0 Å². The van der Waals surface area contributed by atoms with E-state index in [9.17, 15) is 9.90 Å². The Kier molecular flexibility index (Phi) is 6.08. The topological polar surface area (TPSA) is 75.4 Å². The lowest BCUT2D eigenvalue weighted by molar-refractivity contribution is -0.121. The standard InChI is InChI=1S/C29H24N2O3/c32-24-16-15-20-9-7-8-14-23(20)28(24)29(22-12-5-2-6-13-22)31-26(33)17-18-27-30-19-25(34-27)21-10-3-1-4-11-21/h1-16,19,29,32H,17-18H2,(H,31,33). The summed E-state index contributed by atoms with van der Waals surface area (Å²) in [5.74, 6) is 1.19. The largest absolute Gasteiger partial charge is 0.508 e. The Hall–Kier alpha value is -4.38. The molecule has 5 heteroatoms. The predicted molar refractivity (Wildman–Crippen MR) is 132 cm³/mol. The van der Waals surface area contributed by atoms with Crippen molar-refractivity contribution in [3.05, 3.63) is 120 Å². The average Bonchev–Trinajstić information content (AvgIpc) is 3.37. The minimum absolute atomic E-state index is 0.146. The molecule has 0 saturated heterocycles. The minimum Gasteiger partial charge on any atom is -0.508 e. The zero-order valence-electron chi connectivity index (χ0n) is 18.5. The fraction of sp³-hybridized carbons (Fsp3) is 0.103. The van der Waals surface area contributed by atoms with E-state index < -0.39 is 6.04 Å². The Labute approximate surface area is 197 Å². The maximum atomic E-state index is 13.0. The molecular weight excluding hydrogens is 424 g/mol. The second-order valence-corrected chi connectivity index (χ2v) is 8.11. The summed E-state index contributed by atoms with van der Waals surface area (Å²) in [5, 5.41) is 15.8. The molecule has 1 atom stereocenters. The number of carbonyl (C=O) groups excluding carboxylic acids is 1. The van der Waals surface area contributed by atoms with Crippen LogP contribution in [0.5, 0.6) is 5.75 Å². The predicted octanol–water partition coefficient (Wildman–Crippen LogP) is 6.04. The molecule has 0 aliphatic carbocycles. The van der Waals surface area contributed by atoms with Crippen LogP contribution in [0.3, 0.4) is 0 Å².